The van der Waals surface area contributed by atoms with Crippen LogP contribution in [0.5, 0.6) is 0 Å². The van der Waals surface area contributed by atoms with E-state index in [0.717, 1.165) is 12.1 Å². The highest BCUT2D eigenvalue weighted by Crippen LogP contribution is 2.27. The number of carbonyl (C=O) groups is 1. The molecular weight excluding hydrogens is 346 g/mol. The van der Waals surface area contributed by atoms with Gasteiger partial charge < -0.3 is 10.2 Å². The lowest BCUT2D eigenvalue weighted by Gasteiger charge is -2.25. The number of hydrogen-bond acceptors (Lipinski definition) is 2. The Labute approximate surface area is 167 Å². The quantitative estimate of drug-likeness (QED) is 0.633. The molecule has 28 heavy (non-hydrogen) atoms. The molecule has 4 nitrogen and oxygen atoms in total. The Morgan fingerprint density at radius 1 is 0.929 bits per heavy atom. The van der Waals surface area contributed by atoms with Crippen LogP contribution < -0.4 is 5.32 Å². The summed E-state index contributed by atoms with van der Waals surface area (Å²) in [6.45, 7) is 2.59. The van der Waals surface area contributed by atoms with Gasteiger partial charge in [-0.3, -0.25) is 4.98 Å². The molecule has 0 aliphatic carbocycles. The summed E-state index contributed by atoms with van der Waals surface area (Å²) in [4.78, 5) is 18.6. The molecule has 0 aliphatic rings. The van der Waals surface area contributed by atoms with Gasteiger partial charge in [-0.25, -0.2) is 4.79 Å². The van der Waals surface area contributed by atoms with Gasteiger partial charge in [0.15, 0.2) is 0 Å². The van der Waals surface area contributed by atoms with Crippen LogP contribution in [0.4, 0.5) is 4.79 Å². The summed E-state index contributed by atoms with van der Waals surface area (Å²) in [5, 5.41) is 3.06. The Morgan fingerprint density at radius 3 is 2.04 bits per heavy atom. The van der Waals surface area contributed by atoms with Crippen molar-refractivity contribution in [3.05, 3.63) is 102 Å². The van der Waals surface area contributed by atoms with Crippen molar-refractivity contribution >= 4 is 6.03 Å². The Balaban J connectivity index is 1.62. The highest BCUT2D eigenvalue weighted by atomic mass is 16.2. The van der Waals surface area contributed by atoms with Crippen molar-refractivity contribution in [2.24, 2.45) is 0 Å². The van der Waals surface area contributed by atoms with Gasteiger partial charge in [-0.05, 0) is 36.6 Å². The van der Waals surface area contributed by atoms with Crippen LogP contribution in [-0.4, -0.2) is 29.5 Å². The second-order valence-corrected chi connectivity index (χ2v) is 6.94. The maximum atomic E-state index is 12.6. The van der Waals surface area contributed by atoms with E-state index in [4.69, 9.17) is 0 Å². The van der Waals surface area contributed by atoms with E-state index in [1.807, 2.05) is 37.3 Å². The summed E-state index contributed by atoms with van der Waals surface area (Å²) in [6.07, 6.45) is 2.59. The van der Waals surface area contributed by atoms with Gasteiger partial charge in [0.1, 0.15) is 0 Å². The van der Waals surface area contributed by atoms with E-state index in [1.165, 1.54) is 11.1 Å². The normalized spacial score (nSPS) is 11.8. The molecular formula is C24H27N3O. The lowest BCUT2D eigenvalue weighted by molar-refractivity contribution is 0.193. The first kappa shape index (κ1) is 19.6. The van der Waals surface area contributed by atoms with Gasteiger partial charge >= 0.3 is 6.03 Å². The van der Waals surface area contributed by atoms with Crippen molar-refractivity contribution < 1.29 is 4.79 Å². The van der Waals surface area contributed by atoms with E-state index in [-0.39, 0.29) is 18.0 Å². The lowest BCUT2D eigenvalue weighted by Crippen LogP contribution is -2.39. The Morgan fingerprint density at radius 2 is 1.50 bits per heavy atom. The first-order valence-electron chi connectivity index (χ1n) is 9.68. The number of carbonyl (C=O) groups excluding carboxylic acids is 1. The fraction of sp³-hybridized carbons (Fsp3) is 0.250. The summed E-state index contributed by atoms with van der Waals surface area (Å²) in [7, 11) is 1.81. The molecule has 4 heteroatoms. The van der Waals surface area contributed by atoms with Crippen LogP contribution in [-0.2, 0) is 0 Å². The summed E-state index contributed by atoms with van der Waals surface area (Å²) in [6, 6.07) is 26.5. The zero-order chi connectivity index (χ0) is 19.8. The number of benzene rings is 2. The minimum absolute atomic E-state index is 0.0831. The van der Waals surface area contributed by atoms with Gasteiger partial charge in [-0.1, -0.05) is 66.7 Å². The van der Waals surface area contributed by atoms with E-state index >= 15 is 0 Å². The van der Waals surface area contributed by atoms with Crippen molar-refractivity contribution in [1.29, 1.82) is 0 Å². The van der Waals surface area contributed by atoms with Crippen molar-refractivity contribution in [2.45, 2.75) is 25.3 Å². The molecule has 0 aliphatic heterocycles. The maximum Gasteiger partial charge on any atom is 0.317 e. The molecule has 3 aromatic rings. The molecule has 0 spiro atoms. The second-order valence-electron chi connectivity index (χ2n) is 6.94. The highest BCUT2D eigenvalue weighted by Gasteiger charge is 2.19. The fourth-order valence-corrected chi connectivity index (χ4v) is 3.34. The second kappa shape index (κ2) is 9.70. The molecule has 1 unspecified atom stereocenters. The Kier molecular flexibility index (Phi) is 6.79. The third-order valence-electron chi connectivity index (χ3n) is 5.13. The van der Waals surface area contributed by atoms with Crippen LogP contribution in [0.15, 0.2) is 85.1 Å². The number of rotatable bonds is 7. The minimum atomic E-state index is -0.0852. The van der Waals surface area contributed by atoms with Gasteiger partial charge in [0.2, 0.25) is 0 Å². The zero-order valence-electron chi connectivity index (χ0n) is 16.5. The number of pyridine rings is 1. The van der Waals surface area contributed by atoms with Crippen LogP contribution >= 0.6 is 0 Å². The number of nitrogens with one attached hydrogen (secondary N) is 1. The van der Waals surface area contributed by atoms with Gasteiger partial charge in [0.25, 0.3) is 0 Å². The molecule has 144 valence electrons. The first-order chi connectivity index (χ1) is 13.7. The molecule has 3 rings (SSSR count). The average molecular weight is 374 g/mol. The van der Waals surface area contributed by atoms with Crippen LogP contribution in [0.1, 0.15) is 42.1 Å². The number of amides is 2. The molecule has 0 fully saturated rings. The van der Waals surface area contributed by atoms with E-state index in [9.17, 15) is 4.79 Å². The predicted octanol–water partition coefficient (Wildman–Crippen LogP) is 5.01. The number of hydrogen-bond donors (Lipinski definition) is 1. The van der Waals surface area contributed by atoms with Gasteiger partial charge in [-0.2, -0.15) is 0 Å². The van der Waals surface area contributed by atoms with E-state index in [2.05, 4.69) is 58.8 Å². The van der Waals surface area contributed by atoms with E-state index < -0.39 is 0 Å². The topological polar surface area (TPSA) is 45.2 Å². The fourth-order valence-electron chi connectivity index (χ4n) is 3.34. The first-order valence-corrected chi connectivity index (χ1v) is 9.68. The van der Waals surface area contributed by atoms with Gasteiger partial charge in [0, 0.05) is 25.7 Å². The third-order valence-corrected chi connectivity index (χ3v) is 5.13. The molecule has 1 aromatic heterocycles. The summed E-state index contributed by atoms with van der Waals surface area (Å²) >= 11 is 0. The van der Waals surface area contributed by atoms with Crippen LogP contribution in [0.25, 0.3) is 0 Å². The Hall–Kier alpha value is -3.14. The molecule has 0 saturated carbocycles. The molecule has 1 atom stereocenters. The molecule has 0 bridgehead atoms. The van der Waals surface area contributed by atoms with Crippen molar-refractivity contribution in [3.63, 3.8) is 0 Å². The lowest BCUT2D eigenvalue weighted by atomic mass is 9.88. The Bertz CT molecular complexity index is 813. The van der Waals surface area contributed by atoms with Crippen molar-refractivity contribution in [3.8, 4) is 0 Å². The van der Waals surface area contributed by atoms with E-state index in [1.54, 1.807) is 18.1 Å². The zero-order valence-corrected chi connectivity index (χ0v) is 16.5. The highest BCUT2D eigenvalue weighted by molar-refractivity contribution is 5.74. The molecule has 2 aromatic carbocycles. The molecule has 1 heterocycles. The SMILES string of the molecule is CC(c1ccccn1)N(C)C(=O)NCCC(c1ccccc1)c1ccccc1. The molecule has 2 amide bonds. The standard InChI is InChI=1S/C24H27N3O/c1-19(23-15-9-10-17-25-23)27(2)24(28)26-18-16-22(20-11-5-3-6-12-20)21-13-7-4-8-14-21/h3-15,17,19,22H,16,18H2,1-2H3,(H,26,28). The van der Waals surface area contributed by atoms with Gasteiger partial charge in [-0.15, -0.1) is 0 Å². The van der Waals surface area contributed by atoms with Crippen LogP contribution in [0, 0.1) is 0 Å². The van der Waals surface area contributed by atoms with Crippen molar-refractivity contribution in [2.75, 3.05) is 13.6 Å². The summed E-state index contributed by atoms with van der Waals surface area (Å²) < 4.78 is 0. The molecule has 1 N–H and O–H groups in total. The number of urea groups is 1. The number of nitrogens with zero attached hydrogens (tertiary/aromatic N) is 2. The van der Waals surface area contributed by atoms with Gasteiger partial charge in [0.05, 0.1) is 11.7 Å². The average Bonchev–Trinajstić information content (AvgIpc) is 2.77. The number of aromatic nitrogens is 1. The third kappa shape index (κ3) is 4.97. The van der Waals surface area contributed by atoms with Crippen LogP contribution in [0.2, 0.25) is 0 Å². The monoisotopic (exact) mass is 373 g/mol. The summed E-state index contributed by atoms with van der Waals surface area (Å²) in [5.41, 5.74) is 3.41. The summed E-state index contributed by atoms with van der Waals surface area (Å²) in [5.74, 6) is 0.251. The smallest absolute Gasteiger partial charge is 0.317 e. The molecule has 0 radical (unpaired) electrons. The van der Waals surface area contributed by atoms with E-state index in [0.29, 0.717) is 6.54 Å². The largest absolute Gasteiger partial charge is 0.338 e. The minimum Gasteiger partial charge on any atom is -0.338 e. The maximum absolute atomic E-state index is 12.6. The molecule has 0 saturated heterocycles. The van der Waals surface area contributed by atoms with Crippen LogP contribution in [0.3, 0.4) is 0 Å². The predicted molar refractivity (Wildman–Crippen MR) is 113 cm³/mol. The van der Waals surface area contributed by atoms with Crippen molar-refractivity contribution in [1.82, 2.24) is 15.2 Å².